The minimum Gasteiger partial charge on any atom is -0.377 e. The zero-order valence-electron chi connectivity index (χ0n) is 14.4. The number of carbonyl (C=O) groups excluding carboxylic acids is 1. The Labute approximate surface area is 141 Å². The van der Waals surface area contributed by atoms with Crippen molar-refractivity contribution in [2.45, 2.75) is 51.8 Å². The van der Waals surface area contributed by atoms with E-state index >= 15 is 0 Å². The highest BCUT2D eigenvalue weighted by Crippen LogP contribution is 2.34. The van der Waals surface area contributed by atoms with Crippen LogP contribution in [-0.4, -0.2) is 59.5 Å². The SMILES string of the molecule is Cc1noc(C)c1CN1C[C@@H](C(=O)N2CCCO2)C[C@H]2OCC[C@H]21. The molecule has 7 heteroatoms. The van der Waals surface area contributed by atoms with Crippen molar-refractivity contribution in [3.05, 3.63) is 17.0 Å². The molecule has 1 aromatic heterocycles. The van der Waals surface area contributed by atoms with Crippen LogP contribution >= 0.6 is 0 Å². The van der Waals surface area contributed by atoms with Crippen LogP contribution in [0.3, 0.4) is 0 Å². The Morgan fingerprint density at radius 1 is 1.33 bits per heavy atom. The summed E-state index contributed by atoms with van der Waals surface area (Å²) in [6.07, 6.45) is 2.87. The van der Waals surface area contributed by atoms with E-state index in [4.69, 9.17) is 14.1 Å². The molecule has 7 nitrogen and oxygen atoms in total. The second-order valence-electron chi connectivity index (χ2n) is 7.06. The first-order valence-electron chi connectivity index (χ1n) is 8.85. The third-order valence-corrected chi connectivity index (χ3v) is 5.51. The van der Waals surface area contributed by atoms with Gasteiger partial charge in [-0.1, -0.05) is 5.16 Å². The van der Waals surface area contributed by atoms with Gasteiger partial charge in [0.1, 0.15) is 5.76 Å². The van der Waals surface area contributed by atoms with Gasteiger partial charge in [-0.05, 0) is 33.1 Å². The van der Waals surface area contributed by atoms with Crippen LogP contribution in [0.5, 0.6) is 0 Å². The van der Waals surface area contributed by atoms with Crippen molar-refractivity contribution in [1.29, 1.82) is 0 Å². The van der Waals surface area contributed by atoms with E-state index < -0.39 is 0 Å². The molecule has 0 N–H and O–H groups in total. The van der Waals surface area contributed by atoms with Crippen LogP contribution < -0.4 is 0 Å². The first-order valence-corrected chi connectivity index (χ1v) is 8.85. The normalized spacial score (nSPS) is 30.8. The summed E-state index contributed by atoms with van der Waals surface area (Å²) in [7, 11) is 0. The number of hydrogen-bond donors (Lipinski definition) is 0. The van der Waals surface area contributed by atoms with Gasteiger partial charge in [0.15, 0.2) is 0 Å². The average Bonchev–Trinajstić information content (AvgIpc) is 3.31. The number of hydrogen-bond acceptors (Lipinski definition) is 6. The summed E-state index contributed by atoms with van der Waals surface area (Å²) in [5.41, 5.74) is 2.06. The van der Waals surface area contributed by atoms with Crippen LogP contribution in [0.4, 0.5) is 0 Å². The molecule has 0 spiro atoms. The number of fused-ring (bicyclic) bond motifs is 1. The molecule has 3 fully saturated rings. The van der Waals surface area contributed by atoms with E-state index in [-0.39, 0.29) is 17.9 Å². The van der Waals surface area contributed by atoms with E-state index in [1.165, 1.54) is 0 Å². The van der Waals surface area contributed by atoms with E-state index in [0.717, 1.165) is 56.0 Å². The lowest BCUT2D eigenvalue weighted by molar-refractivity contribution is -0.177. The fraction of sp³-hybridized carbons (Fsp3) is 0.765. The molecule has 132 valence electrons. The zero-order chi connectivity index (χ0) is 16.7. The Balaban J connectivity index is 1.52. The minimum atomic E-state index is -0.0667. The summed E-state index contributed by atoms with van der Waals surface area (Å²) in [5.74, 6) is 0.896. The van der Waals surface area contributed by atoms with Gasteiger partial charge in [0.05, 0.1) is 30.9 Å². The summed E-state index contributed by atoms with van der Waals surface area (Å²) >= 11 is 0. The molecule has 4 heterocycles. The maximum atomic E-state index is 12.8. The van der Waals surface area contributed by atoms with Crippen molar-refractivity contribution in [2.24, 2.45) is 5.92 Å². The molecule has 24 heavy (non-hydrogen) atoms. The monoisotopic (exact) mass is 335 g/mol. The summed E-state index contributed by atoms with van der Waals surface area (Å²) in [4.78, 5) is 20.6. The van der Waals surface area contributed by atoms with Crippen molar-refractivity contribution in [3.8, 4) is 0 Å². The largest absolute Gasteiger partial charge is 0.377 e. The van der Waals surface area contributed by atoms with Gasteiger partial charge >= 0.3 is 0 Å². The molecule has 1 amide bonds. The molecule has 0 radical (unpaired) electrons. The van der Waals surface area contributed by atoms with Gasteiger partial charge < -0.3 is 9.26 Å². The summed E-state index contributed by atoms with van der Waals surface area (Å²) < 4.78 is 11.2. The number of amides is 1. The van der Waals surface area contributed by atoms with Crippen LogP contribution in [0.15, 0.2) is 4.52 Å². The number of rotatable bonds is 3. The molecule has 3 saturated heterocycles. The quantitative estimate of drug-likeness (QED) is 0.832. The highest BCUT2D eigenvalue weighted by molar-refractivity contribution is 5.78. The molecular weight excluding hydrogens is 310 g/mol. The van der Waals surface area contributed by atoms with Gasteiger partial charge in [0.2, 0.25) is 0 Å². The molecule has 0 unspecified atom stereocenters. The molecule has 0 saturated carbocycles. The van der Waals surface area contributed by atoms with Crippen LogP contribution in [0.1, 0.15) is 36.3 Å². The Morgan fingerprint density at radius 3 is 2.92 bits per heavy atom. The highest BCUT2D eigenvalue weighted by Gasteiger charge is 2.44. The number of aryl methyl sites for hydroxylation is 2. The number of piperidine rings is 1. The van der Waals surface area contributed by atoms with Crippen LogP contribution in [0, 0.1) is 19.8 Å². The molecule has 0 bridgehead atoms. The second-order valence-corrected chi connectivity index (χ2v) is 7.06. The number of aromatic nitrogens is 1. The second kappa shape index (κ2) is 6.46. The summed E-state index contributed by atoms with van der Waals surface area (Å²) in [5, 5.41) is 5.61. The molecule has 3 aliphatic heterocycles. The predicted octanol–water partition coefficient (Wildman–Crippen LogP) is 1.43. The highest BCUT2D eigenvalue weighted by atomic mass is 16.7. The standard InChI is InChI=1S/C17H25N3O4/c1-11-14(12(2)24-18-11)10-19-9-13(8-16-15(19)4-7-22-16)17(21)20-5-3-6-23-20/h13,15-16H,3-10H2,1-2H3/t13-,15+,16+/m0/s1. The van der Waals surface area contributed by atoms with Gasteiger partial charge in [-0.25, -0.2) is 5.06 Å². The van der Waals surface area contributed by atoms with Crippen molar-refractivity contribution < 1.29 is 18.9 Å². The number of ether oxygens (including phenoxy) is 1. The first kappa shape index (κ1) is 16.1. The maximum absolute atomic E-state index is 12.8. The average molecular weight is 335 g/mol. The molecule has 0 aliphatic carbocycles. The van der Waals surface area contributed by atoms with Crippen LogP contribution in [0.25, 0.3) is 0 Å². The maximum Gasteiger partial charge on any atom is 0.250 e. The Hall–Kier alpha value is -1.44. The van der Waals surface area contributed by atoms with Crippen molar-refractivity contribution >= 4 is 5.91 Å². The lowest BCUT2D eigenvalue weighted by Crippen LogP contribution is -2.52. The zero-order valence-corrected chi connectivity index (χ0v) is 14.4. The Bertz CT molecular complexity index is 591. The summed E-state index contributed by atoms with van der Waals surface area (Å²) in [6.45, 7) is 7.54. The Kier molecular flexibility index (Phi) is 4.32. The van der Waals surface area contributed by atoms with E-state index in [9.17, 15) is 4.79 Å². The van der Waals surface area contributed by atoms with E-state index in [1.807, 2.05) is 13.8 Å². The molecule has 4 rings (SSSR count). The lowest BCUT2D eigenvalue weighted by Gasteiger charge is -2.40. The molecule has 0 aromatic carbocycles. The lowest BCUT2D eigenvalue weighted by atomic mass is 9.89. The minimum absolute atomic E-state index is 0.0667. The van der Waals surface area contributed by atoms with Gasteiger partial charge in [0, 0.05) is 31.3 Å². The number of carbonyl (C=O) groups is 1. The van der Waals surface area contributed by atoms with Crippen molar-refractivity contribution in [3.63, 3.8) is 0 Å². The van der Waals surface area contributed by atoms with Crippen LogP contribution in [-0.2, 0) is 20.9 Å². The van der Waals surface area contributed by atoms with Crippen molar-refractivity contribution in [1.82, 2.24) is 15.1 Å². The fourth-order valence-electron chi connectivity index (χ4n) is 4.17. The number of nitrogens with zero attached hydrogens (tertiary/aromatic N) is 3. The van der Waals surface area contributed by atoms with E-state index in [1.54, 1.807) is 5.06 Å². The Morgan fingerprint density at radius 2 is 2.21 bits per heavy atom. The van der Waals surface area contributed by atoms with Crippen LogP contribution in [0.2, 0.25) is 0 Å². The van der Waals surface area contributed by atoms with Gasteiger partial charge in [0.25, 0.3) is 5.91 Å². The van der Waals surface area contributed by atoms with E-state index in [0.29, 0.717) is 19.2 Å². The number of hydroxylamine groups is 2. The third-order valence-electron chi connectivity index (χ3n) is 5.51. The molecule has 3 atom stereocenters. The summed E-state index contributed by atoms with van der Waals surface area (Å²) in [6, 6.07) is 0.377. The molecular formula is C17H25N3O4. The van der Waals surface area contributed by atoms with Crippen molar-refractivity contribution in [2.75, 3.05) is 26.3 Å². The number of likely N-dealkylation sites (tertiary alicyclic amines) is 1. The molecule has 1 aromatic rings. The van der Waals surface area contributed by atoms with Gasteiger partial charge in [-0.2, -0.15) is 0 Å². The predicted molar refractivity (Wildman–Crippen MR) is 84.9 cm³/mol. The van der Waals surface area contributed by atoms with Gasteiger partial charge in [-0.15, -0.1) is 0 Å². The van der Waals surface area contributed by atoms with Gasteiger partial charge in [-0.3, -0.25) is 14.5 Å². The fourth-order valence-corrected chi connectivity index (χ4v) is 4.17. The third kappa shape index (κ3) is 2.85. The first-order chi connectivity index (χ1) is 11.6. The topological polar surface area (TPSA) is 68.0 Å². The smallest absolute Gasteiger partial charge is 0.250 e. The van der Waals surface area contributed by atoms with E-state index in [2.05, 4.69) is 10.1 Å². The molecule has 3 aliphatic rings.